The minimum absolute atomic E-state index is 0.0776. The van der Waals surface area contributed by atoms with Gasteiger partial charge >= 0.3 is 0 Å². The molecule has 5 heteroatoms. The second kappa shape index (κ2) is 6.08. The van der Waals surface area contributed by atoms with Crippen LogP contribution in [-0.4, -0.2) is 9.97 Å². The SMILES string of the molecule is CC(C)(C)c1cc(-c2ncnc3c2sc2c4ccsc4ccc32)cc2ccsc12. The molecule has 142 valence electrons. The summed E-state index contributed by atoms with van der Waals surface area (Å²) in [7, 11) is 0. The van der Waals surface area contributed by atoms with E-state index in [9.17, 15) is 0 Å². The number of rotatable bonds is 1. The summed E-state index contributed by atoms with van der Waals surface area (Å²) in [5.41, 5.74) is 4.74. The van der Waals surface area contributed by atoms with Gasteiger partial charge in [0.2, 0.25) is 0 Å². The number of aromatic nitrogens is 2. The van der Waals surface area contributed by atoms with Gasteiger partial charge in [-0.05, 0) is 63.5 Å². The van der Waals surface area contributed by atoms with Crippen LogP contribution in [0.5, 0.6) is 0 Å². The molecule has 4 heterocycles. The number of thiophene rings is 3. The van der Waals surface area contributed by atoms with E-state index in [2.05, 4.69) is 72.9 Å². The maximum Gasteiger partial charge on any atom is 0.116 e. The van der Waals surface area contributed by atoms with Crippen LogP contribution in [0.3, 0.4) is 0 Å². The Morgan fingerprint density at radius 3 is 2.52 bits per heavy atom. The molecule has 0 atom stereocenters. The Morgan fingerprint density at radius 2 is 1.66 bits per heavy atom. The normalized spacial score (nSPS) is 12.7. The Hall–Kier alpha value is -2.34. The van der Waals surface area contributed by atoms with E-state index in [1.54, 1.807) is 17.7 Å². The number of nitrogens with zero attached hydrogens (tertiary/aromatic N) is 2. The van der Waals surface area contributed by atoms with Crippen molar-refractivity contribution in [2.45, 2.75) is 26.2 Å². The molecule has 0 aliphatic heterocycles. The summed E-state index contributed by atoms with van der Waals surface area (Å²) in [6.07, 6.45) is 1.72. The van der Waals surface area contributed by atoms with Gasteiger partial charge in [-0.3, -0.25) is 0 Å². The lowest BCUT2D eigenvalue weighted by Crippen LogP contribution is -2.11. The molecule has 29 heavy (non-hydrogen) atoms. The molecule has 0 aliphatic carbocycles. The van der Waals surface area contributed by atoms with Crippen molar-refractivity contribution in [3.63, 3.8) is 0 Å². The molecule has 4 aromatic heterocycles. The summed E-state index contributed by atoms with van der Waals surface area (Å²) in [5.74, 6) is 0. The molecule has 0 radical (unpaired) electrons. The summed E-state index contributed by atoms with van der Waals surface area (Å²) < 4.78 is 5.19. The summed E-state index contributed by atoms with van der Waals surface area (Å²) in [6.45, 7) is 6.86. The highest BCUT2D eigenvalue weighted by molar-refractivity contribution is 7.28. The van der Waals surface area contributed by atoms with Crippen LogP contribution in [-0.2, 0) is 5.41 Å². The predicted molar refractivity (Wildman–Crippen MR) is 130 cm³/mol. The van der Waals surface area contributed by atoms with E-state index in [1.807, 2.05) is 22.7 Å². The van der Waals surface area contributed by atoms with Gasteiger partial charge in [0, 0.05) is 30.4 Å². The van der Waals surface area contributed by atoms with Crippen LogP contribution >= 0.6 is 34.0 Å². The van der Waals surface area contributed by atoms with Gasteiger partial charge in [0.1, 0.15) is 6.33 Å². The maximum absolute atomic E-state index is 4.76. The highest BCUT2D eigenvalue weighted by atomic mass is 32.1. The number of fused-ring (bicyclic) bond motifs is 6. The van der Waals surface area contributed by atoms with Gasteiger partial charge in [0.05, 0.1) is 15.9 Å². The van der Waals surface area contributed by atoms with Gasteiger partial charge in [-0.15, -0.1) is 34.0 Å². The van der Waals surface area contributed by atoms with E-state index in [1.165, 1.54) is 46.1 Å². The lowest BCUT2D eigenvalue weighted by Gasteiger charge is -2.21. The summed E-state index contributed by atoms with van der Waals surface area (Å²) in [5, 5.41) is 8.20. The van der Waals surface area contributed by atoms with Crippen LogP contribution in [0, 0.1) is 0 Å². The van der Waals surface area contributed by atoms with Crippen LogP contribution in [0.1, 0.15) is 26.3 Å². The molecule has 2 aromatic carbocycles. The van der Waals surface area contributed by atoms with E-state index in [-0.39, 0.29) is 5.41 Å². The van der Waals surface area contributed by atoms with E-state index >= 15 is 0 Å². The van der Waals surface area contributed by atoms with Crippen LogP contribution < -0.4 is 0 Å². The molecule has 0 N–H and O–H groups in total. The van der Waals surface area contributed by atoms with Crippen molar-refractivity contribution in [1.82, 2.24) is 9.97 Å². The van der Waals surface area contributed by atoms with Crippen molar-refractivity contribution < 1.29 is 0 Å². The largest absolute Gasteiger partial charge is 0.235 e. The topological polar surface area (TPSA) is 25.8 Å². The average molecular weight is 431 g/mol. The molecule has 6 aromatic rings. The first-order valence-electron chi connectivity index (χ1n) is 9.56. The number of hydrogen-bond donors (Lipinski definition) is 0. The van der Waals surface area contributed by atoms with Gasteiger partial charge < -0.3 is 0 Å². The number of benzene rings is 2. The van der Waals surface area contributed by atoms with Gasteiger partial charge in [-0.1, -0.05) is 20.8 Å². The first kappa shape index (κ1) is 17.5. The lowest BCUT2D eigenvalue weighted by atomic mass is 9.85. The van der Waals surface area contributed by atoms with Crippen LogP contribution in [0.2, 0.25) is 0 Å². The molecule has 0 fully saturated rings. The first-order chi connectivity index (χ1) is 14.0. The Kier molecular flexibility index (Phi) is 3.67. The summed E-state index contributed by atoms with van der Waals surface area (Å²) in [4.78, 5) is 9.43. The standard InChI is InChI=1S/C24H18N2S3/c1-24(2,3)17-11-14(10-13-6-8-28-21(13)17)19-23-20(26-12-25-19)16-4-5-18-15(7-9-27-18)22(16)29-23/h4-12H,1-3H3. The second-order valence-electron chi connectivity index (χ2n) is 8.39. The van der Waals surface area contributed by atoms with Crippen molar-refractivity contribution in [3.05, 3.63) is 59.0 Å². The first-order valence-corrected chi connectivity index (χ1v) is 12.1. The molecule has 2 nitrogen and oxygen atoms in total. The maximum atomic E-state index is 4.76. The van der Waals surface area contributed by atoms with Crippen molar-refractivity contribution in [1.29, 1.82) is 0 Å². The average Bonchev–Trinajstić information content (AvgIpc) is 3.42. The quantitative estimate of drug-likeness (QED) is 0.262. The van der Waals surface area contributed by atoms with E-state index in [4.69, 9.17) is 4.98 Å². The molecule has 6 rings (SSSR count). The van der Waals surface area contributed by atoms with Gasteiger partial charge in [0.15, 0.2) is 0 Å². The highest BCUT2D eigenvalue weighted by Gasteiger charge is 2.21. The zero-order valence-electron chi connectivity index (χ0n) is 16.3. The molecule has 0 spiro atoms. The predicted octanol–water partition coefficient (Wildman–Crippen LogP) is 8.24. The fraction of sp³-hybridized carbons (Fsp3) is 0.167. The van der Waals surface area contributed by atoms with Crippen LogP contribution in [0.4, 0.5) is 0 Å². The smallest absolute Gasteiger partial charge is 0.116 e. The van der Waals surface area contributed by atoms with Crippen molar-refractivity contribution in [2.75, 3.05) is 0 Å². The van der Waals surface area contributed by atoms with Gasteiger partial charge in [-0.25, -0.2) is 9.97 Å². The fourth-order valence-corrected chi connectivity index (χ4v) is 7.32. The van der Waals surface area contributed by atoms with Crippen LogP contribution in [0.15, 0.2) is 53.5 Å². The van der Waals surface area contributed by atoms with Crippen molar-refractivity contribution >= 4 is 74.5 Å². The Morgan fingerprint density at radius 1 is 0.793 bits per heavy atom. The summed E-state index contributed by atoms with van der Waals surface area (Å²) in [6, 6.07) is 13.5. The highest BCUT2D eigenvalue weighted by Crippen LogP contribution is 2.43. The summed E-state index contributed by atoms with van der Waals surface area (Å²) >= 11 is 5.44. The molecule has 0 unspecified atom stereocenters. The third-order valence-corrected chi connectivity index (χ3v) is 8.56. The Labute approximate surface area is 180 Å². The molecular weight excluding hydrogens is 412 g/mol. The Bertz CT molecular complexity index is 1540. The van der Waals surface area contributed by atoms with Crippen molar-refractivity contribution in [3.8, 4) is 11.3 Å². The van der Waals surface area contributed by atoms with E-state index in [0.29, 0.717) is 0 Å². The van der Waals surface area contributed by atoms with Crippen molar-refractivity contribution in [2.24, 2.45) is 0 Å². The third kappa shape index (κ3) is 2.58. The van der Waals surface area contributed by atoms with Gasteiger partial charge in [-0.2, -0.15) is 0 Å². The lowest BCUT2D eigenvalue weighted by molar-refractivity contribution is 0.597. The molecule has 0 aliphatic rings. The number of hydrogen-bond acceptors (Lipinski definition) is 5. The third-order valence-electron chi connectivity index (χ3n) is 5.48. The minimum atomic E-state index is 0.0776. The van der Waals surface area contributed by atoms with Crippen LogP contribution in [0.25, 0.3) is 51.7 Å². The molecule has 0 saturated heterocycles. The fourth-order valence-electron chi connectivity index (χ4n) is 4.06. The van der Waals surface area contributed by atoms with E-state index in [0.717, 1.165) is 11.2 Å². The second-order valence-corrected chi connectivity index (χ2v) is 11.3. The van der Waals surface area contributed by atoms with E-state index < -0.39 is 0 Å². The molecular formula is C24H18N2S3. The zero-order valence-corrected chi connectivity index (χ0v) is 18.8. The zero-order chi connectivity index (χ0) is 19.8. The molecule has 0 amide bonds. The monoisotopic (exact) mass is 430 g/mol. The molecule has 0 bridgehead atoms. The molecule has 0 saturated carbocycles. The Balaban J connectivity index is 1.71. The van der Waals surface area contributed by atoms with Gasteiger partial charge in [0.25, 0.3) is 0 Å². The minimum Gasteiger partial charge on any atom is -0.235 e.